The van der Waals surface area contributed by atoms with Crippen LogP contribution in [0.3, 0.4) is 0 Å². The molecule has 0 aliphatic heterocycles. The number of phenols is 1. The number of nitrogens with one attached hydrogen (secondary N) is 3. The van der Waals surface area contributed by atoms with Gasteiger partial charge in [0.25, 0.3) is 0 Å². The van der Waals surface area contributed by atoms with Crippen LogP contribution >= 0.6 is 0 Å². The SMILES string of the molecule is O=c1ccc2c(CCNCCCCCCNCCc3ccccc3)ccc(O)c2[nH]1. The Morgan fingerprint density at radius 2 is 1.43 bits per heavy atom. The van der Waals surface area contributed by atoms with Gasteiger partial charge in [-0.1, -0.05) is 49.2 Å². The van der Waals surface area contributed by atoms with Crippen LogP contribution in [-0.2, 0) is 12.8 Å². The summed E-state index contributed by atoms with van der Waals surface area (Å²) < 4.78 is 0. The largest absolute Gasteiger partial charge is 0.506 e. The molecule has 5 nitrogen and oxygen atoms in total. The molecule has 30 heavy (non-hydrogen) atoms. The van der Waals surface area contributed by atoms with Gasteiger partial charge in [-0.2, -0.15) is 0 Å². The molecule has 3 rings (SSSR count). The predicted octanol–water partition coefficient (Wildman–Crippen LogP) is 3.76. The molecule has 1 heterocycles. The highest BCUT2D eigenvalue weighted by atomic mass is 16.3. The Morgan fingerprint density at radius 1 is 0.733 bits per heavy atom. The van der Waals surface area contributed by atoms with Crippen LogP contribution in [0.4, 0.5) is 0 Å². The summed E-state index contributed by atoms with van der Waals surface area (Å²) in [4.78, 5) is 14.2. The van der Waals surface area contributed by atoms with Gasteiger partial charge >= 0.3 is 0 Å². The number of unbranched alkanes of at least 4 members (excludes halogenated alkanes) is 3. The second-order valence-electron chi connectivity index (χ2n) is 7.75. The zero-order valence-electron chi connectivity index (χ0n) is 17.6. The summed E-state index contributed by atoms with van der Waals surface area (Å²) in [5, 5.41) is 17.9. The van der Waals surface area contributed by atoms with E-state index in [0.29, 0.717) is 5.52 Å². The Kier molecular flexibility index (Phi) is 8.94. The minimum atomic E-state index is -0.195. The second kappa shape index (κ2) is 12.2. The maximum absolute atomic E-state index is 11.5. The molecular formula is C25H33N3O2. The van der Waals surface area contributed by atoms with Crippen LogP contribution in [-0.4, -0.2) is 36.3 Å². The van der Waals surface area contributed by atoms with E-state index in [2.05, 4.69) is 45.9 Å². The summed E-state index contributed by atoms with van der Waals surface area (Å²) in [6.45, 7) is 4.05. The van der Waals surface area contributed by atoms with Crippen molar-refractivity contribution < 1.29 is 5.11 Å². The maximum Gasteiger partial charge on any atom is 0.248 e. The van der Waals surface area contributed by atoms with E-state index < -0.39 is 0 Å². The summed E-state index contributed by atoms with van der Waals surface area (Å²) in [6, 6.07) is 17.5. The number of aromatic amines is 1. The van der Waals surface area contributed by atoms with Gasteiger partial charge in [0.1, 0.15) is 5.75 Å². The number of fused-ring (bicyclic) bond motifs is 1. The minimum absolute atomic E-state index is 0.119. The van der Waals surface area contributed by atoms with Crippen LogP contribution in [0.1, 0.15) is 36.8 Å². The van der Waals surface area contributed by atoms with Gasteiger partial charge in [0.2, 0.25) is 5.56 Å². The average Bonchev–Trinajstić information content (AvgIpc) is 2.77. The highest BCUT2D eigenvalue weighted by Crippen LogP contribution is 2.24. The predicted molar refractivity (Wildman–Crippen MR) is 124 cm³/mol. The molecule has 5 heteroatoms. The first-order valence-corrected chi connectivity index (χ1v) is 11.0. The number of pyridine rings is 1. The van der Waals surface area contributed by atoms with Gasteiger partial charge in [0.15, 0.2) is 0 Å². The number of hydrogen-bond acceptors (Lipinski definition) is 4. The lowest BCUT2D eigenvalue weighted by atomic mass is 10.0. The summed E-state index contributed by atoms with van der Waals surface area (Å²) in [6.07, 6.45) is 6.89. The fraction of sp³-hybridized carbons (Fsp3) is 0.400. The molecule has 0 radical (unpaired) electrons. The molecule has 0 bridgehead atoms. The van der Waals surface area contributed by atoms with Gasteiger partial charge in [-0.25, -0.2) is 0 Å². The van der Waals surface area contributed by atoms with Gasteiger partial charge < -0.3 is 20.7 Å². The Hall–Kier alpha value is -2.63. The van der Waals surface area contributed by atoms with Crippen molar-refractivity contribution in [3.05, 3.63) is 76.1 Å². The number of aromatic hydroxyl groups is 1. The standard InChI is InChI=1S/C25H33N3O2/c29-23-12-10-21(22-11-13-24(30)28-25(22)23)15-19-27-17-7-2-1-6-16-26-18-14-20-8-4-3-5-9-20/h3-5,8-13,26-27,29H,1-2,6-7,14-19H2,(H,28,30). The number of hydrogen-bond donors (Lipinski definition) is 4. The van der Waals surface area contributed by atoms with Crippen LogP contribution in [0.25, 0.3) is 10.9 Å². The van der Waals surface area contributed by atoms with E-state index >= 15 is 0 Å². The Bertz CT molecular complexity index is 954. The number of benzene rings is 2. The van der Waals surface area contributed by atoms with E-state index in [0.717, 1.165) is 50.0 Å². The average molecular weight is 408 g/mol. The number of aromatic nitrogens is 1. The van der Waals surface area contributed by atoms with Crippen molar-refractivity contribution in [3.8, 4) is 5.75 Å². The molecule has 2 aromatic carbocycles. The zero-order valence-corrected chi connectivity index (χ0v) is 17.6. The molecule has 0 aliphatic carbocycles. The van der Waals surface area contributed by atoms with Crippen LogP contribution in [0.5, 0.6) is 5.75 Å². The number of phenolic OH excluding ortho intramolecular Hbond substituents is 1. The van der Waals surface area contributed by atoms with E-state index in [9.17, 15) is 9.90 Å². The van der Waals surface area contributed by atoms with Gasteiger partial charge in [0, 0.05) is 11.5 Å². The van der Waals surface area contributed by atoms with Gasteiger partial charge in [-0.3, -0.25) is 4.79 Å². The Labute approximate surface area is 178 Å². The summed E-state index contributed by atoms with van der Waals surface area (Å²) in [5.74, 6) is 0.119. The molecule has 4 N–H and O–H groups in total. The molecule has 0 saturated carbocycles. The first kappa shape index (κ1) is 22.1. The smallest absolute Gasteiger partial charge is 0.248 e. The van der Waals surface area contributed by atoms with Crippen molar-refractivity contribution in [3.63, 3.8) is 0 Å². The molecule has 0 spiro atoms. The highest BCUT2D eigenvalue weighted by molar-refractivity contribution is 5.87. The van der Waals surface area contributed by atoms with Crippen molar-refractivity contribution in [1.29, 1.82) is 0 Å². The van der Waals surface area contributed by atoms with E-state index in [-0.39, 0.29) is 11.3 Å². The van der Waals surface area contributed by atoms with Gasteiger partial charge in [-0.15, -0.1) is 0 Å². The maximum atomic E-state index is 11.5. The third-order valence-corrected chi connectivity index (χ3v) is 5.42. The van der Waals surface area contributed by atoms with E-state index in [1.165, 1.54) is 37.3 Å². The Morgan fingerprint density at radius 3 is 2.17 bits per heavy atom. The van der Waals surface area contributed by atoms with Crippen LogP contribution < -0.4 is 16.2 Å². The molecule has 0 saturated heterocycles. The fourth-order valence-corrected chi connectivity index (χ4v) is 3.72. The van der Waals surface area contributed by atoms with Crippen LogP contribution in [0.15, 0.2) is 59.4 Å². The minimum Gasteiger partial charge on any atom is -0.506 e. The molecule has 1 aromatic heterocycles. The normalized spacial score (nSPS) is 11.2. The highest BCUT2D eigenvalue weighted by Gasteiger charge is 2.06. The van der Waals surface area contributed by atoms with Crippen molar-refractivity contribution in [2.75, 3.05) is 26.2 Å². The van der Waals surface area contributed by atoms with Crippen molar-refractivity contribution in [2.24, 2.45) is 0 Å². The third kappa shape index (κ3) is 7.01. The van der Waals surface area contributed by atoms with Crippen molar-refractivity contribution in [1.82, 2.24) is 15.6 Å². The monoisotopic (exact) mass is 407 g/mol. The van der Waals surface area contributed by atoms with Crippen LogP contribution in [0.2, 0.25) is 0 Å². The van der Waals surface area contributed by atoms with Crippen molar-refractivity contribution in [2.45, 2.75) is 38.5 Å². The molecule has 0 amide bonds. The first-order valence-electron chi connectivity index (χ1n) is 11.0. The first-order chi connectivity index (χ1) is 14.7. The molecule has 0 aliphatic rings. The van der Waals surface area contributed by atoms with Crippen molar-refractivity contribution >= 4 is 10.9 Å². The lowest BCUT2D eigenvalue weighted by molar-refractivity contribution is 0.480. The van der Waals surface area contributed by atoms with Crippen LogP contribution in [0, 0.1) is 0 Å². The molecule has 0 fully saturated rings. The molecule has 160 valence electrons. The van der Waals surface area contributed by atoms with Gasteiger partial charge in [-0.05, 0) is 75.1 Å². The fourth-order valence-electron chi connectivity index (χ4n) is 3.72. The lowest BCUT2D eigenvalue weighted by Gasteiger charge is -2.09. The quantitative estimate of drug-likeness (QED) is 0.326. The Balaban J connectivity index is 1.22. The lowest BCUT2D eigenvalue weighted by Crippen LogP contribution is -2.19. The molecule has 3 aromatic rings. The summed E-state index contributed by atoms with van der Waals surface area (Å²) in [7, 11) is 0. The molecular weight excluding hydrogens is 374 g/mol. The van der Waals surface area contributed by atoms with E-state index in [1.54, 1.807) is 12.1 Å². The van der Waals surface area contributed by atoms with E-state index in [1.807, 2.05) is 6.07 Å². The summed E-state index contributed by atoms with van der Waals surface area (Å²) >= 11 is 0. The van der Waals surface area contributed by atoms with Gasteiger partial charge in [0.05, 0.1) is 5.52 Å². The molecule has 0 unspecified atom stereocenters. The zero-order chi connectivity index (χ0) is 21.0. The molecule has 0 atom stereocenters. The topological polar surface area (TPSA) is 77.2 Å². The summed E-state index contributed by atoms with van der Waals surface area (Å²) in [5.41, 5.74) is 2.86. The second-order valence-corrected chi connectivity index (χ2v) is 7.75. The number of H-pyrrole nitrogens is 1. The third-order valence-electron chi connectivity index (χ3n) is 5.42. The van der Waals surface area contributed by atoms with E-state index in [4.69, 9.17) is 0 Å². The number of rotatable bonds is 13.